The van der Waals surface area contributed by atoms with Crippen LogP contribution in [0.2, 0.25) is 0 Å². The van der Waals surface area contributed by atoms with E-state index in [4.69, 9.17) is 5.73 Å². The molecule has 1 unspecified atom stereocenters. The maximum Gasteiger partial charge on any atom is 0.419 e. The van der Waals surface area contributed by atoms with Crippen LogP contribution in [-0.4, -0.2) is 11.7 Å². The maximum atomic E-state index is 13.3. The van der Waals surface area contributed by atoms with Crippen molar-refractivity contribution in [3.8, 4) is 0 Å². The van der Waals surface area contributed by atoms with E-state index in [0.717, 1.165) is 6.07 Å². The van der Waals surface area contributed by atoms with Gasteiger partial charge in [0.1, 0.15) is 11.4 Å². The van der Waals surface area contributed by atoms with Crippen molar-refractivity contribution in [3.63, 3.8) is 0 Å². The molecule has 0 aromatic heterocycles. The summed E-state index contributed by atoms with van der Waals surface area (Å²) in [5, 5.41) is 9.95. The first-order chi connectivity index (χ1) is 7.74. The van der Waals surface area contributed by atoms with E-state index in [1.54, 1.807) is 6.92 Å². The van der Waals surface area contributed by atoms with Gasteiger partial charge in [-0.25, -0.2) is 4.39 Å². The molecule has 0 heterocycles. The highest BCUT2D eigenvalue weighted by Gasteiger charge is 2.35. The van der Waals surface area contributed by atoms with Crippen molar-refractivity contribution < 1.29 is 22.7 Å². The normalized spacial score (nSPS) is 15.7. The molecule has 96 valence electrons. The number of rotatable bonds is 3. The number of hydrogen-bond acceptors (Lipinski definition) is 2. The Kier molecular flexibility index (Phi) is 3.78. The summed E-state index contributed by atoms with van der Waals surface area (Å²) < 4.78 is 50.2. The van der Waals surface area contributed by atoms with Crippen LogP contribution in [0.15, 0.2) is 18.2 Å². The maximum absolute atomic E-state index is 13.3. The van der Waals surface area contributed by atoms with Gasteiger partial charge in [0.2, 0.25) is 0 Å². The predicted octanol–water partition coefficient (Wildman–Crippen LogP) is 2.40. The molecule has 1 aromatic rings. The average molecular weight is 251 g/mol. The first kappa shape index (κ1) is 13.9. The molecular formula is C11H13F4NO. The summed E-state index contributed by atoms with van der Waals surface area (Å²) in [6.45, 7) is 1.43. The van der Waals surface area contributed by atoms with E-state index in [1.807, 2.05) is 0 Å². The molecule has 1 rings (SSSR count). The highest BCUT2D eigenvalue weighted by molar-refractivity contribution is 5.30. The first-order valence-electron chi connectivity index (χ1n) is 5.04. The van der Waals surface area contributed by atoms with Crippen LogP contribution in [0.3, 0.4) is 0 Å². The molecule has 17 heavy (non-hydrogen) atoms. The Bertz CT molecular complexity index is 399. The fraction of sp³-hybridized carbons (Fsp3) is 0.455. The highest BCUT2D eigenvalue weighted by Crippen LogP contribution is 2.33. The molecule has 0 aliphatic heterocycles. The van der Waals surface area contributed by atoms with Crippen molar-refractivity contribution in [2.24, 2.45) is 5.73 Å². The van der Waals surface area contributed by atoms with Crippen LogP contribution in [0.1, 0.15) is 24.5 Å². The van der Waals surface area contributed by atoms with Gasteiger partial charge in [-0.1, -0.05) is 13.0 Å². The van der Waals surface area contributed by atoms with E-state index in [2.05, 4.69) is 0 Å². The monoisotopic (exact) mass is 251 g/mol. The van der Waals surface area contributed by atoms with E-state index in [0.29, 0.717) is 12.1 Å². The molecular weight excluding hydrogens is 238 g/mol. The molecule has 6 heteroatoms. The lowest BCUT2D eigenvalue weighted by molar-refractivity contribution is -0.140. The largest absolute Gasteiger partial charge is 0.419 e. The van der Waals surface area contributed by atoms with Crippen molar-refractivity contribution in [2.45, 2.75) is 25.1 Å². The fourth-order valence-corrected chi connectivity index (χ4v) is 1.50. The minimum Gasteiger partial charge on any atom is -0.384 e. The number of aliphatic hydroxyl groups is 1. The molecule has 0 bridgehead atoms. The van der Waals surface area contributed by atoms with Gasteiger partial charge in [-0.15, -0.1) is 0 Å². The summed E-state index contributed by atoms with van der Waals surface area (Å²) in [4.78, 5) is 0. The third-order valence-electron chi connectivity index (χ3n) is 2.73. The zero-order chi connectivity index (χ0) is 13.3. The van der Waals surface area contributed by atoms with E-state index < -0.39 is 23.2 Å². The SMILES string of the molecule is CCC(O)(CN)c1ccc(C(F)(F)F)c(F)c1. The summed E-state index contributed by atoms with van der Waals surface area (Å²) in [7, 11) is 0. The van der Waals surface area contributed by atoms with Crippen LogP contribution in [0.5, 0.6) is 0 Å². The number of benzene rings is 1. The highest BCUT2D eigenvalue weighted by atomic mass is 19.4. The van der Waals surface area contributed by atoms with Crippen LogP contribution in [-0.2, 0) is 11.8 Å². The number of nitrogens with two attached hydrogens (primary N) is 1. The minimum absolute atomic E-state index is 0.0491. The second-order valence-corrected chi connectivity index (χ2v) is 3.78. The molecule has 2 nitrogen and oxygen atoms in total. The van der Waals surface area contributed by atoms with Crippen molar-refractivity contribution in [1.29, 1.82) is 0 Å². The van der Waals surface area contributed by atoms with Gasteiger partial charge < -0.3 is 10.8 Å². The summed E-state index contributed by atoms with van der Waals surface area (Å²) in [5.41, 5.74) is 2.53. The topological polar surface area (TPSA) is 46.2 Å². The Balaban J connectivity index is 3.22. The Hall–Kier alpha value is -1.14. The van der Waals surface area contributed by atoms with Crippen LogP contribution in [0, 0.1) is 5.82 Å². The summed E-state index contributed by atoms with van der Waals surface area (Å²) in [6.07, 6.45) is -4.55. The summed E-state index contributed by atoms with van der Waals surface area (Å²) in [5.74, 6) is -1.41. The van der Waals surface area contributed by atoms with Crippen LogP contribution < -0.4 is 5.73 Å². The fourth-order valence-electron chi connectivity index (χ4n) is 1.50. The summed E-state index contributed by atoms with van der Waals surface area (Å²) >= 11 is 0. The van der Waals surface area contributed by atoms with Gasteiger partial charge in [0.25, 0.3) is 0 Å². The molecule has 0 spiro atoms. The van der Waals surface area contributed by atoms with Crippen molar-refractivity contribution in [1.82, 2.24) is 0 Å². The predicted molar refractivity (Wildman–Crippen MR) is 54.6 cm³/mol. The molecule has 3 N–H and O–H groups in total. The van der Waals surface area contributed by atoms with Gasteiger partial charge >= 0.3 is 6.18 Å². The lowest BCUT2D eigenvalue weighted by atomic mass is 9.90. The third kappa shape index (κ3) is 2.76. The zero-order valence-corrected chi connectivity index (χ0v) is 9.18. The van der Waals surface area contributed by atoms with Crippen LogP contribution in [0.4, 0.5) is 17.6 Å². The molecule has 0 fully saturated rings. The number of alkyl halides is 3. The molecule has 0 saturated heterocycles. The molecule has 0 saturated carbocycles. The second kappa shape index (κ2) is 4.62. The van der Waals surface area contributed by atoms with Crippen molar-refractivity contribution in [2.75, 3.05) is 6.54 Å². The van der Waals surface area contributed by atoms with Gasteiger partial charge in [-0.2, -0.15) is 13.2 Å². The van der Waals surface area contributed by atoms with E-state index >= 15 is 0 Å². The van der Waals surface area contributed by atoms with Crippen molar-refractivity contribution in [3.05, 3.63) is 35.1 Å². The average Bonchev–Trinajstić information content (AvgIpc) is 2.26. The van der Waals surface area contributed by atoms with Crippen LogP contribution in [0.25, 0.3) is 0 Å². The van der Waals surface area contributed by atoms with E-state index in [-0.39, 0.29) is 18.5 Å². The lowest BCUT2D eigenvalue weighted by Gasteiger charge is -2.26. The van der Waals surface area contributed by atoms with Gasteiger partial charge in [0.15, 0.2) is 0 Å². The Morgan fingerprint density at radius 1 is 1.29 bits per heavy atom. The third-order valence-corrected chi connectivity index (χ3v) is 2.73. The van der Waals surface area contributed by atoms with Crippen molar-refractivity contribution >= 4 is 0 Å². The Labute approximate surface area is 96.1 Å². The Morgan fingerprint density at radius 2 is 1.88 bits per heavy atom. The zero-order valence-electron chi connectivity index (χ0n) is 9.18. The smallest absolute Gasteiger partial charge is 0.384 e. The number of halogens is 4. The Morgan fingerprint density at radius 3 is 2.24 bits per heavy atom. The lowest BCUT2D eigenvalue weighted by Crippen LogP contribution is -2.34. The molecule has 0 aliphatic rings. The van der Waals surface area contributed by atoms with E-state index in [1.165, 1.54) is 0 Å². The number of hydrogen-bond donors (Lipinski definition) is 2. The van der Waals surface area contributed by atoms with Gasteiger partial charge in [0.05, 0.1) is 5.56 Å². The van der Waals surface area contributed by atoms with Crippen LogP contribution >= 0.6 is 0 Å². The summed E-state index contributed by atoms with van der Waals surface area (Å²) in [6, 6.07) is 2.34. The minimum atomic E-state index is -4.74. The molecule has 1 aromatic carbocycles. The molecule has 0 radical (unpaired) electrons. The quantitative estimate of drug-likeness (QED) is 0.810. The van der Waals surface area contributed by atoms with Gasteiger partial charge in [-0.05, 0) is 24.1 Å². The van der Waals surface area contributed by atoms with E-state index in [9.17, 15) is 22.7 Å². The van der Waals surface area contributed by atoms with Gasteiger partial charge in [-0.3, -0.25) is 0 Å². The standard InChI is InChI=1S/C11H13F4NO/c1-2-10(17,6-16)7-3-4-8(9(12)5-7)11(13,14)15/h3-5,17H,2,6,16H2,1H3. The van der Waals surface area contributed by atoms with Gasteiger partial charge in [0, 0.05) is 6.54 Å². The second-order valence-electron chi connectivity index (χ2n) is 3.78. The first-order valence-corrected chi connectivity index (χ1v) is 5.04. The molecule has 0 amide bonds. The molecule has 0 aliphatic carbocycles. The molecule has 1 atom stereocenters.